The molecule has 2 aromatic rings. The van der Waals surface area contributed by atoms with Crippen molar-refractivity contribution in [3.05, 3.63) is 53.9 Å². The smallest absolute Gasteiger partial charge is 0.118 e. The number of nitrogens with zero attached hydrogens (tertiary/aromatic N) is 1. The minimum Gasteiger partial charge on any atom is -0.497 e. The number of hydrogen-bond acceptors (Lipinski definition) is 2. The standard InChI is InChI=1S/C16H19NO2/c1-19-15-6-2-12(3-7-15)10-17-9-8-14(11-17)16(18)13-4-5-13/h2-3,6-9,11,13,16,18H,4-5,10H2,1H3. The number of aliphatic hydroxyl groups excluding tert-OH is 1. The minimum absolute atomic E-state index is 0.280. The van der Waals surface area contributed by atoms with Gasteiger partial charge in [0.25, 0.3) is 0 Å². The fourth-order valence-electron chi connectivity index (χ4n) is 2.36. The summed E-state index contributed by atoms with van der Waals surface area (Å²) >= 11 is 0. The molecule has 1 N–H and O–H groups in total. The number of ether oxygens (including phenoxy) is 1. The van der Waals surface area contributed by atoms with Gasteiger partial charge in [-0.3, -0.25) is 0 Å². The maximum Gasteiger partial charge on any atom is 0.118 e. The highest BCUT2D eigenvalue weighted by molar-refractivity contribution is 5.27. The topological polar surface area (TPSA) is 34.4 Å². The van der Waals surface area contributed by atoms with Gasteiger partial charge in [-0.15, -0.1) is 0 Å². The molecule has 1 aliphatic carbocycles. The monoisotopic (exact) mass is 257 g/mol. The van der Waals surface area contributed by atoms with Gasteiger partial charge in [-0.05, 0) is 48.1 Å². The van der Waals surface area contributed by atoms with Crippen LogP contribution in [-0.2, 0) is 6.54 Å². The summed E-state index contributed by atoms with van der Waals surface area (Å²) < 4.78 is 7.26. The normalized spacial score (nSPS) is 16.3. The summed E-state index contributed by atoms with van der Waals surface area (Å²) in [5, 5.41) is 10.1. The van der Waals surface area contributed by atoms with Crippen LogP contribution in [0.1, 0.15) is 30.1 Å². The van der Waals surface area contributed by atoms with Crippen molar-refractivity contribution in [2.45, 2.75) is 25.5 Å². The van der Waals surface area contributed by atoms with Gasteiger partial charge in [0, 0.05) is 18.9 Å². The molecule has 1 aromatic heterocycles. The summed E-state index contributed by atoms with van der Waals surface area (Å²) in [5.41, 5.74) is 2.26. The second-order valence-electron chi connectivity index (χ2n) is 5.25. The van der Waals surface area contributed by atoms with Crippen LogP contribution in [0.15, 0.2) is 42.7 Å². The molecule has 100 valence electrons. The Morgan fingerprint density at radius 3 is 2.63 bits per heavy atom. The van der Waals surface area contributed by atoms with Crippen molar-refractivity contribution in [1.29, 1.82) is 0 Å². The molecule has 0 saturated heterocycles. The van der Waals surface area contributed by atoms with Crippen molar-refractivity contribution in [1.82, 2.24) is 4.57 Å². The first kappa shape index (κ1) is 12.3. The Morgan fingerprint density at radius 2 is 2.00 bits per heavy atom. The summed E-state index contributed by atoms with van der Waals surface area (Å²) in [5.74, 6) is 1.36. The number of hydrogen-bond donors (Lipinski definition) is 1. The van der Waals surface area contributed by atoms with Crippen LogP contribution in [0, 0.1) is 5.92 Å². The lowest BCUT2D eigenvalue weighted by Crippen LogP contribution is -1.99. The van der Waals surface area contributed by atoms with Crippen LogP contribution in [0.25, 0.3) is 0 Å². The van der Waals surface area contributed by atoms with Gasteiger partial charge >= 0.3 is 0 Å². The van der Waals surface area contributed by atoms with E-state index in [4.69, 9.17) is 4.74 Å². The molecule has 1 aliphatic rings. The van der Waals surface area contributed by atoms with E-state index in [1.165, 1.54) is 5.56 Å². The number of methoxy groups -OCH3 is 1. The Kier molecular flexibility index (Phi) is 3.30. The molecule has 1 atom stereocenters. The quantitative estimate of drug-likeness (QED) is 0.893. The maximum absolute atomic E-state index is 10.1. The molecule has 0 bridgehead atoms. The van der Waals surface area contributed by atoms with Gasteiger partial charge in [0.2, 0.25) is 0 Å². The van der Waals surface area contributed by atoms with Crippen molar-refractivity contribution in [2.24, 2.45) is 5.92 Å². The van der Waals surface area contributed by atoms with Crippen LogP contribution < -0.4 is 4.74 Å². The zero-order valence-electron chi connectivity index (χ0n) is 11.1. The lowest BCUT2D eigenvalue weighted by Gasteiger charge is -2.07. The van der Waals surface area contributed by atoms with E-state index in [2.05, 4.69) is 16.7 Å². The molecule has 1 heterocycles. The SMILES string of the molecule is COc1ccc(Cn2ccc(C(O)C3CC3)c2)cc1. The van der Waals surface area contributed by atoms with Crippen molar-refractivity contribution in [3.8, 4) is 5.75 Å². The Balaban J connectivity index is 1.68. The molecule has 19 heavy (non-hydrogen) atoms. The molecule has 1 aromatic carbocycles. The fourth-order valence-corrected chi connectivity index (χ4v) is 2.36. The summed E-state index contributed by atoms with van der Waals surface area (Å²) in [6, 6.07) is 10.1. The molecule has 1 fully saturated rings. The van der Waals surface area contributed by atoms with Gasteiger partial charge in [-0.1, -0.05) is 12.1 Å². The van der Waals surface area contributed by atoms with Crippen LogP contribution >= 0.6 is 0 Å². The molecule has 0 amide bonds. The average Bonchev–Trinajstić information content (AvgIpc) is 3.19. The molecule has 0 radical (unpaired) electrons. The molecule has 3 nitrogen and oxygen atoms in total. The molecule has 0 aliphatic heterocycles. The average molecular weight is 257 g/mol. The second kappa shape index (κ2) is 5.10. The Bertz CT molecular complexity index is 540. The highest BCUT2D eigenvalue weighted by atomic mass is 16.5. The summed E-state index contributed by atoms with van der Waals surface area (Å²) in [6.45, 7) is 0.821. The van der Waals surface area contributed by atoms with Gasteiger partial charge in [-0.2, -0.15) is 0 Å². The Hall–Kier alpha value is -1.74. The lowest BCUT2D eigenvalue weighted by atomic mass is 10.1. The van der Waals surface area contributed by atoms with Crippen molar-refractivity contribution < 1.29 is 9.84 Å². The number of rotatable bonds is 5. The lowest BCUT2D eigenvalue weighted by molar-refractivity contribution is 0.154. The highest BCUT2D eigenvalue weighted by Gasteiger charge is 2.31. The third-order valence-corrected chi connectivity index (χ3v) is 3.71. The number of benzene rings is 1. The van der Waals surface area contributed by atoms with E-state index >= 15 is 0 Å². The molecule has 1 saturated carbocycles. The van der Waals surface area contributed by atoms with Gasteiger partial charge in [-0.25, -0.2) is 0 Å². The Labute approximate surface area is 113 Å². The largest absolute Gasteiger partial charge is 0.497 e. The van der Waals surface area contributed by atoms with E-state index in [1.54, 1.807) is 7.11 Å². The first-order valence-electron chi connectivity index (χ1n) is 6.73. The van der Waals surface area contributed by atoms with E-state index in [0.29, 0.717) is 5.92 Å². The molecule has 3 rings (SSSR count). The third-order valence-electron chi connectivity index (χ3n) is 3.71. The summed E-state index contributed by atoms with van der Waals surface area (Å²) in [7, 11) is 1.67. The summed E-state index contributed by atoms with van der Waals surface area (Å²) in [6.07, 6.45) is 6.12. The van der Waals surface area contributed by atoms with Crippen molar-refractivity contribution in [2.75, 3.05) is 7.11 Å². The van der Waals surface area contributed by atoms with E-state index in [0.717, 1.165) is 30.7 Å². The fraction of sp³-hybridized carbons (Fsp3) is 0.375. The second-order valence-corrected chi connectivity index (χ2v) is 5.25. The van der Waals surface area contributed by atoms with E-state index in [9.17, 15) is 5.11 Å². The van der Waals surface area contributed by atoms with Crippen LogP contribution in [0.3, 0.4) is 0 Å². The van der Waals surface area contributed by atoms with E-state index in [1.807, 2.05) is 30.6 Å². The van der Waals surface area contributed by atoms with Gasteiger partial charge in [0.1, 0.15) is 5.75 Å². The molecule has 1 unspecified atom stereocenters. The minimum atomic E-state index is -0.280. The zero-order chi connectivity index (χ0) is 13.2. The predicted octanol–water partition coefficient (Wildman–Crippen LogP) is 2.99. The van der Waals surface area contributed by atoms with Crippen LogP contribution in [0.5, 0.6) is 5.75 Å². The predicted molar refractivity (Wildman–Crippen MR) is 74.2 cm³/mol. The first-order valence-corrected chi connectivity index (χ1v) is 6.73. The van der Waals surface area contributed by atoms with Crippen molar-refractivity contribution in [3.63, 3.8) is 0 Å². The first-order chi connectivity index (χ1) is 9.26. The van der Waals surface area contributed by atoms with Gasteiger partial charge < -0.3 is 14.4 Å². The molecule has 0 spiro atoms. The van der Waals surface area contributed by atoms with Gasteiger partial charge in [0.15, 0.2) is 0 Å². The molecular weight excluding hydrogens is 238 g/mol. The van der Waals surface area contributed by atoms with E-state index in [-0.39, 0.29) is 6.10 Å². The van der Waals surface area contributed by atoms with Gasteiger partial charge in [0.05, 0.1) is 13.2 Å². The number of aliphatic hydroxyl groups is 1. The van der Waals surface area contributed by atoms with Crippen LogP contribution in [0.4, 0.5) is 0 Å². The van der Waals surface area contributed by atoms with Crippen LogP contribution in [0.2, 0.25) is 0 Å². The molecular formula is C16H19NO2. The van der Waals surface area contributed by atoms with Crippen molar-refractivity contribution >= 4 is 0 Å². The van der Waals surface area contributed by atoms with Crippen LogP contribution in [-0.4, -0.2) is 16.8 Å². The highest BCUT2D eigenvalue weighted by Crippen LogP contribution is 2.40. The molecule has 3 heteroatoms. The Morgan fingerprint density at radius 1 is 1.26 bits per heavy atom. The van der Waals surface area contributed by atoms with E-state index < -0.39 is 0 Å². The summed E-state index contributed by atoms with van der Waals surface area (Å²) in [4.78, 5) is 0. The zero-order valence-corrected chi connectivity index (χ0v) is 11.1. The number of aromatic nitrogens is 1. The maximum atomic E-state index is 10.1. The third kappa shape index (κ3) is 2.82.